The van der Waals surface area contributed by atoms with E-state index in [2.05, 4.69) is 47.6 Å². The third-order valence-corrected chi connectivity index (χ3v) is 5.00. The topological polar surface area (TPSA) is 62.2 Å². The summed E-state index contributed by atoms with van der Waals surface area (Å²) in [5, 5.41) is 10.7. The van der Waals surface area contributed by atoms with Crippen molar-refractivity contribution in [2.75, 3.05) is 30.4 Å². The van der Waals surface area contributed by atoms with Gasteiger partial charge in [-0.05, 0) is 37.6 Å². The van der Waals surface area contributed by atoms with E-state index in [1.165, 1.54) is 0 Å². The van der Waals surface area contributed by atoms with Crippen LogP contribution in [0.4, 0.5) is 11.4 Å². The van der Waals surface area contributed by atoms with Gasteiger partial charge in [-0.25, -0.2) is 0 Å². The molecule has 0 spiro atoms. The van der Waals surface area contributed by atoms with Gasteiger partial charge in [0.2, 0.25) is 5.91 Å². The highest BCUT2D eigenvalue weighted by Crippen LogP contribution is 2.29. The molecule has 0 bridgehead atoms. The molecule has 1 aliphatic heterocycles. The maximum absolute atomic E-state index is 12.8. The van der Waals surface area contributed by atoms with Crippen LogP contribution in [0.2, 0.25) is 0 Å². The maximum Gasteiger partial charge on any atom is 0.229 e. The Morgan fingerprint density at radius 2 is 2.20 bits per heavy atom. The van der Waals surface area contributed by atoms with Gasteiger partial charge < -0.3 is 15.5 Å². The van der Waals surface area contributed by atoms with Crippen LogP contribution < -0.4 is 15.5 Å². The van der Waals surface area contributed by atoms with Gasteiger partial charge >= 0.3 is 0 Å². The van der Waals surface area contributed by atoms with E-state index < -0.39 is 0 Å². The molecule has 0 aliphatic carbocycles. The highest BCUT2D eigenvalue weighted by molar-refractivity contribution is 5.94. The fourth-order valence-electron chi connectivity index (χ4n) is 3.27. The molecule has 1 saturated heterocycles. The Kier molecular flexibility index (Phi) is 5.08. The van der Waals surface area contributed by atoms with Crippen LogP contribution in [0.3, 0.4) is 0 Å². The zero-order valence-electron chi connectivity index (χ0n) is 15.4. The summed E-state index contributed by atoms with van der Waals surface area (Å²) in [7, 11) is 3.96. The van der Waals surface area contributed by atoms with Gasteiger partial charge in [-0.2, -0.15) is 5.10 Å². The van der Waals surface area contributed by atoms with E-state index in [0.29, 0.717) is 12.6 Å². The Bertz CT molecular complexity index is 739. The van der Waals surface area contributed by atoms with Crippen molar-refractivity contribution in [3.05, 3.63) is 42.2 Å². The van der Waals surface area contributed by atoms with E-state index in [-0.39, 0.29) is 17.7 Å². The van der Waals surface area contributed by atoms with Crippen LogP contribution >= 0.6 is 0 Å². The Morgan fingerprint density at radius 1 is 1.40 bits per heavy atom. The number of anilines is 2. The number of nitrogens with zero attached hydrogens (tertiary/aromatic N) is 3. The number of aryl methyl sites for hydroxylation is 1. The Morgan fingerprint density at radius 3 is 2.88 bits per heavy atom. The zero-order valence-corrected chi connectivity index (χ0v) is 15.4. The largest absolute Gasteiger partial charge is 0.372 e. The second-order valence-corrected chi connectivity index (χ2v) is 7.06. The molecule has 3 rings (SSSR count). The van der Waals surface area contributed by atoms with Crippen molar-refractivity contribution in [1.82, 2.24) is 15.1 Å². The normalized spacial score (nSPS) is 20.0. The molecule has 1 aliphatic rings. The predicted molar refractivity (Wildman–Crippen MR) is 101 cm³/mol. The van der Waals surface area contributed by atoms with Crippen molar-refractivity contribution in [3.63, 3.8) is 0 Å². The van der Waals surface area contributed by atoms with Crippen LogP contribution in [-0.4, -0.2) is 41.9 Å². The molecule has 6 nitrogen and oxygen atoms in total. The maximum atomic E-state index is 12.8. The molecule has 1 fully saturated rings. The minimum Gasteiger partial charge on any atom is -0.372 e. The van der Waals surface area contributed by atoms with Gasteiger partial charge in [0.1, 0.15) is 0 Å². The van der Waals surface area contributed by atoms with Crippen LogP contribution in [0, 0.1) is 5.92 Å². The van der Waals surface area contributed by atoms with Crippen LogP contribution in [0.25, 0.3) is 0 Å². The molecule has 1 amide bonds. The summed E-state index contributed by atoms with van der Waals surface area (Å²) in [4.78, 5) is 15.0. The van der Waals surface area contributed by atoms with Gasteiger partial charge in [0.25, 0.3) is 0 Å². The quantitative estimate of drug-likeness (QED) is 0.875. The summed E-state index contributed by atoms with van der Waals surface area (Å²) in [5.74, 6) is 0.133. The van der Waals surface area contributed by atoms with Gasteiger partial charge in [-0.1, -0.05) is 6.07 Å². The van der Waals surface area contributed by atoms with Crippen molar-refractivity contribution in [1.29, 1.82) is 0 Å². The molecule has 1 aromatic heterocycles. The first-order valence-corrected chi connectivity index (χ1v) is 8.78. The number of nitrogens with one attached hydrogen (secondary N) is 2. The fraction of sp³-hybridized carbons (Fsp3) is 0.474. The molecule has 25 heavy (non-hydrogen) atoms. The average Bonchev–Trinajstić information content (AvgIpc) is 3.22. The van der Waals surface area contributed by atoms with Gasteiger partial charge in [-0.15, -0.1) is 0 Å². The van der Waals surface area contributed by atoms with Gasteiger partial charge in [-0.3, -0.25) is 9.48 Å². The predicted octanol–water partition coefficient (Wildman–Crippen LogP) is 2.21. The average molecular weight is 341 g/mol. The van der Waals surface area contributed by atoms with E-state index in [4.69, 9.17) is 0 Å². The summed E-state index contributed by atoms with van der Waals surface area (Å²) in [6.07, 6.45) is 3.85. The third kappa shape index (κ3) is 3.85. The molecule has 2 aromatic rings. The molecular weight excluding hydrogens is 314 g/mol. The SMILES string of the molecule is CC(C)N(C)c1cccc(NC(=O)[C@H]2CNC[C@@H]2c2cnn(C)c2)c1. The van der Waals surface area contributed by atoms with Crippen molar-refractivity contribution in [2.24, 2.45) is 13.0 Å². The number of hydrogen-bond donors (Lipinski definition) is 2. The Labute approximate surface area is 149 Å². The number of rotatable bonds is 5. The van der Waals surface area contributed by atoms with Crippen LogP contribution in [0.5, 0.6) is 0 Å². The lowest BCUT2D eigenvalue weighted by molar-refractivity contribution is -0.119. The number of carbonyl (C=O) groups excluding carboxylic acids is 1. The summed E-state index contributed by atoms with van der Waals surface area (Å²) in [6.45, 7) is 5.79. The smallest absolute Gasteiger partial charge is 0.229 e. The van der Waals surface area contributed by atoms with E-state index in [1.54, 1.807) is 4.68 Å². The van der Waals surface area contributed by atoms with Crippen LogP contribution in [0.1, 0.15) is 25.3 Å². The second kappa shape index (κ2) is 7.27. The minimum atomic E-state index is -0.0873. The number of amides is 1. The lowest BCUT2D eigenvalue weighted by Crippen LogP contribution is -2.28. The third-order valence-electron chi connectivity index (χ3n) is 5.00. The highest BCUT2D eigenvalue weighted by atomic mass is 16.1. The molecule has 2 N–H and O–H groups in total. The van der Waals surface area contributed by atoms with Gasteiger partial charge in [0, 0.05) is 56.7 Å². The molecule has 0 unspecified atom stereocenters. The van der Waals surface area contributed by atoms with Crippen molar-refractivity contribution < 1.29 is 4.79 Å². The van der Waals surface area contributed by atoms with Crippen molar-refractivity contribution >= 4 is 17.3 Å². The molecule has 0 saturated carbocycles. The zero-order chi connectivity index (χ0) is 18.0. The molecule has 6 heteroatoms. The summed E-state index contributed by atoms with van der Waals surface area (Å²) in [5.41, 5.74) is 3.05. The lowest BCUT2D eigenvalue weighted by atomic mass is 9.90. The van der Waals surface area contributed by atoms with Crippen molar-refractivity contribution in [3.8, 4) is 0 Å². The Balaban J connectivity index is 1.72. The number of benzene rings is 1. The molecule has 0 radical (unpaired) electrons. The molecule has 1 aromatic carbocycles. The van der Waals surface area contributed by atoms with E-state index >= 15 is 0 Å². The van der Waals surface area contributed by atoms with E-state index in [1.807, 2.05) is 37.6 Å². The van der Waals surface area contributed by atoms with E-state index in [9.17, 15) is 4.79 Å². The number of aromatic nitrogens is 2. The van der Waals surface area contributed by atoms with Crippen molar-refractivity contribution in [2.45, 2.75) is 25.8 Å². The van der Waals surface area contributed by atoms with Crippen LogP contribution in [0.15, 0.2) is 36.7 Å². The van der Waals surface area contributed by atoms with Gasteiger partial charge in [0.15, 0.2) is 0 Å². The summed E-state index contributed by atoms with van der Waals surface area (Å²) >= 11 is 0. The van der Waals surface area contributed by atoms with E-state index in [0.717, 1.165) is 23.5 Å². The fourth-order valence-corrected chi connectivity index (χ4v) is 3.27. The highest BCUT2D eigenvalue weighted by Gasteiger charge is 2.34. The molecule has 2 heterocycles. The first-order chi connectivity index (χ1) is 12.0. The van der Waals surface area contributed by atoms with Crippen LogP contribution in [-0.2, 0) is 11.8 Å². The lowest BCUT2D eigenvalue weighted by Gasteiger charge is -2.24. The summed E-state index contributed by atoms with van der Waals surface area (Å²) in [6, 6.07) is 8.41. The monoisotopic (exact) mass is 341 g/mol. The Hall–Kier alpha value is -2.34. The molecule has 134 valence electrons. The number of hydrogen-bond acceptors (Lipinski definition) is 4. The molecular formula is C19H27N5O. The first kappa shape index (κ1) is 17.5. The second-order valence-electron chi connectivity index (χ2n) is 7.06. The standard InChI is InChI=1S/C19H27N5O/c1-13(2)24(4)16-7-5-6-15(8-16)22-19(25)18-11-20-10-17(18)14-9-21-23(3)12-14/h5-9,12-13,17-18,20H,10-11H2,1-4H3,(H,22,25)/t17-,18+/m1/s1. The molecule has 2 atom stereocenters. The minimum absolute atomic E-state index is 0.0585. The number of carbonyl (C=O) groups is 1. The van der Waals surface area contributed by atoms with Gasteiger partial charge in [0.05, 0.1) is 12.1 Å². The summed E-state index contributed by atoms with van der Waals surface area (Å²) < 4.78 is 1.79. The first-order valence-electron chi connectivity index (χ1n) is 8.78.